The predicted molar refractivity (Wildman–Crippen MR) is 67.6 cm³/mol. The lowest BCUT2D eigenvalue weighted by atomic mass is 9.79. The summed E-state index contributed by atoms with van der Waals surface area (Å²) in [5.41, 5.74) is -0.692. The van der Waals surface area contributed by atoms with Gasteiger partial charge in [0, 0.05) is 25.9 Å². The third kappa shape index (κ3) is 3.30. The molecule has 0 atom stereocenters. The van der Waals surface area contributed by atoms with Gasteiger partial charge < -0.3 is 22.3 Å². The molecular formula is C12H13BF3N2O-. The first-order chi connectivity index (χ1) is 8.98. The van der Waals surface area contributed by atoms with Gasteiger partial charge in [0.2, 0.25) is 0 Å². The molecule has 0 fully saturated rings. The largest absolute Gasteiger partial charge is 0.513 e. The molecule has 0 spiro atoms. The van der Waals surface area contributed by atoms with Crippen LogP contribution in [0.4, 0.5) is 12.9 Å². The van der Waals surface area contributed by atoms with Crippen molar-refractivity contribution < 1.29 is 17.7 Å². The maximum Gasteiger partial charge on any atom is 0.513 e. The summed E-state index contributed by atoms with van der Waals surface area (Å²) in [6, 6.07) is 5.26. The molecular weight excluding hydrogens is 256 g/mol. The SMILES string of the molecule is Cn1ccnc1CCOc1ccccc1[B-](F)(F)F. The van der Waals surface area contributed by atoms with Crippen molar-refractivity contribution in [3.8, 4) is 5.75 Å². The summed E-state index contributed by atoms with van der Waals surface area (Å²) in [6.45, 7) is -4.89. The molecule has 0 aliphatic rings. The average molecular weight is 269 g/mol. The number of para-hydroxylation sites is 1. The van der Waals surface area contributed by atoms with Gasteiger partial charge in [-0.05, 0) is 6.07 Å². The second kappa shape index (κ2) is 5.38. The van der Waals surface area contributed by atoms with E-state index in [1.807, 2.05) is 11.6 Å². The molecule has 0 saturated heterocycles. The lowest BCUT2D eigenvalue weighted by Crippen LogP contribution is -2.35. The zero-order chi connectivity index (χ0) is 13.9. The summed E-state index contributed by atoms with van der Waals surface area (Å²) in [7, 11) is 1.83. The fraction of sp³-hybridized carbons (Fsp3) is 0.250. The third-order valence-electron chi connectivity index (χ3n) is 2.78. The number of ether oxygens (including phenoxy) is 1. The van der Waals surface area contributed by atoms with Crippen molar-refractivity contribution >= 4 is 12.4 Å². The van der Waals surface area contributed by atoms with E-state index < -0.39 is 12.4 Å². The van der Waals surface area contributed by atoms with Crippen LogP contribution in [-0.4, -0.2) is 23.1 Å². The van der Waals surface area contributed by atoms with Crippen LogP contribution in [0.2, 0.25) is 0 Å². The zero-order valence-electron chi connectivity index (χ0n) is 10.4. The van der Waals surface area contributed by atoms with Gasteiger partial charge in [0.15, 0.2) is 0 Å². The topological polar surface area (TPSA) is 27.1 Å². The monoisotopic (exact) mass is 269 g/mol. The van der Waals surface area contributed by atoms with E-state index in [1.54, 1.807) is 12.4 Å². The molecule has 1 aromatic heterocycles. The molecule has 2 aromatic rings. The van der Waals surface area contributed by atoms with Gasteiger partial charge in [0.05, 0.1) is 12.4 Å². The van der Waals surface area contributed by atoms with Gasteiger partial charge in [0.1, 0.15) is 5.82 Å². The van der Waals surface area contributed by atoms with Gasteiger partial charge in [-0.2, -0.15) is 0 Å². The normalized spacial score (nSPS) is 11.6. The molecule has 19 heavy (non-hydrogen) atoms. The first-order valence-corrected chi connectivity index (χ1v) is 5.86. The number of hydrogen-bond donors (Lipinski definition) is 0. The summed E-state index contributed by atoms with van der Waals surface area (Å²) < 4.78 is 45.4. The summed E-state index contributed by atoms with van der Waals surface area (Å²) in [5.74, 6) is 0.652. The Hall–Kier alpha value is -1.92. The summed E-state index contributed by atoms with van der Waals surface area (Å²) in [5, 5.41) is 0. The number of nitrogens with zero attached hydrogens (tertiary/aromatic N) is 2. The zero-order valence-corrected chi connectivity index (χ0v) is 10.4. The highest BCUT2D eigenvalue weighted by atomic mass is 19.4. The van der Waals surface area contributed by atoms with Crippen molar-refractivity contribution in [2.75, 3.05) is 6.61 Å². The quantitative estimate of drug-likeness (QED) is 0.777. The minimum atomic E-state index is -5.05. The van der Waals surface area contributed by atoms with Crippen molar-refractivity contribution in [1.82, 2.24) is 9.55 Å². The number of imidazole rings is 1. The number of halogens is 3. The summed E-state index contributed by atoms with van der Waals surface area (Å²) >= 11 is 0. The minimum Gasteiger partial charge on any atom is -0.496 e. The molecule has 2 rings (SSSR count). The second-order valence-electron chi connectivity index (χ2n) is 4.17. The lowest BCUT2D eigenvalue weighted by Gasteiger charge is -2.19. The molecule has 0 radical (unpaired) electrons. The van der Waals surface area contributed by atoms with E-state index in [0.717, 1.165) is 11.9 Å². The third-order valence-corrected chi connectivity index (χ3v) is 2.78. The first-order valence-electron chi connectivity index (χ1n) is 5.86. The number of aryl methyl sites for hydroxylation is 1. The molecule has 1 heterocycles. The molecule has 0 N–H and O–H groups in total. The van der Waals surface area contributed by atoms with E-state index in [2.05, 4.69) is 4.98 Å². The minimum absolute atomic E-state index is 0.121. The first kappa shape index (κ1) is 13.5. The van der Waals surface area contributed by atoms with Gasteiger partial charge in [-0.15, -0.1) is 0 Å². The van der Waals surface area contributed by atoms with E-state index in [0.29, 0.717) is 6.42 Å². The standard InChI is InChI=1S/C12H13BF3N2O/c1-18-8-7-17-12(18)6-9-19-11-5-3-2-4-10(11)13(14,15)16/h2-5,7-8H,6,9H2,1H3/q-1. The van der Waals surface area contributed by atoms with Crippen LogP contribution in [-0.2, 0) is 13.5 Å². The highest BCUT2D eigenvalue weighted by Crippen LogP contribution is 2.17. The van der Waals surface area contributed by atoms with Gasteiger partial charge in [-0.25, -0.2) is 4.98 Å². The fourth-order valence-electron chi connectivity index (χ4n) is 1.77. The number of rotatable bonds is 5. The van der Waals surface area contributed by atoms with Crippen molar-refractivity contribution in [3.05, 3.63) is 42.5 Å². The van der Waals surface area contributed by atoms with Gasteiger partial charge in [-0.1, -0.05) is 23.7 Å². The number of hydrogen-bond acceptors (Lipinski definition) is 2. The highest BCUT2D eigenvalue weighted by molar-refractivity contribution is 6.74. The Morgan fingerprint density at radius 2 is 2.00 bits per heavy atom. The second-order valence-corrected chi connectivity index (χ2v) is 4.17. The Morgan fingerprint density at radius 3 is 2.63 bits per heavy atom. The maximum atomic E-state index is 12.8. The van der Waals surface area contributed by atoms with Crippen LogP contribution in [0.5, 0.6) is 5.75 Å². The Kier molecular flexibility index (Phi) is 3.83. The molecule has 0 saturated carbocycles. The molecule has 0 aliphatic carbocycles. The summed E-state index contributed by atoms with van der Waals surface area (Å²) in [6.07, 6.45) is 3.88. The lowest BCUT2D eigenvalue weighted by molar-refractivity contribution is 0.318. The number of aromatic nitrogens is 2. The molecule has 1 aromatic carbocycles. The maximum absolute atomic E-state index is 12.8. The molecule has 0 aliphatic heterocycles. The van der Waals surface area contributed by atoms with Crippen LogP contribution in [0.15, 0.2) is 36.7 Å². The van der Waals surface area contributed by atoms with Crippen molar-refractivity contribution in [2.45, 2.75) is 6.42 Å². The van der Waals surface area contributed by atoms with Crippen LogP contribution in [0.1, 0.15) is 5.82 Å². The summed E-state index contributed by atoms with van der Waals surface area (Å²) in [4.78, 5) is 4.08. The predicted octanol–water partition coefficient (Wildman–Crippen LogP) is 2.10. The van der Waals surface area contributed by atoms with Crippen LogP contribution >= 0.6 is 0 Å². The van der Waals surface area contributed by atoms with Crippen LogP contribution in [0.3, 0.4) is 0 Å². The molecule has 3 nitrogen and oxygen atoms in total. The molecule has 0 amide bonds. The van der Waals surface area contributed by atoms with Crippen LogP contribution < -0.4 is 10.2 Å². The van der Waals surface area contributed by atoms with E-state index in [4.69, 9.17) is 4.74 Å². The molecule has 7 heteroatoms. The van der Waals surface area contributed by atoms with E-state index in [1.165, 1.54) is 18.2 Å². The highest BCUT2D eigenvalue weighted by Gasteiger charge is 2.28. The van der Waals surface area contributed by atoms with Gasteiger partial charge in [-0.3, -0.25) is 0 Å². The molecule has 0 unspecified atom stereocenters. The van der Waals surface area contributed by atoms with Crippen LogP contribution in [0, 0.1) is 0 Å². The smallest absolute Gasteiger partial charge is 0.496 e. The van der Waals surface area contributed by atoms with E-state index >= 15 is 0 Å². The van der Waals surface area contributed by atoms with Gasteiger partial charge >= 0.3 is 6.98 Å². The van der Waals surface area contributed by atoms with Crippen molar-refractivity contribution in [3.63, 3.8) is 0 Å². The Bertz CT molecular complexity index is 554. The Balaban J connectivity index is 2.02. The average Bonchev–Trinajstić information content (AvgIpc) is 2.75. The van der Waals surface area contributed by atoms with Crippen molar-refractivity contribution in [2.24, 2.45) is 7.05 Å². The van der Waals surface area contributed by atoms with Crippen LogP contribution in [0.25, 0.3) is 0 Å². The molecule has 102 valence electrons. The van der Waals surface area contributed by atoms with E-state index in [9.17, 15) is 12.9 Å². The number of benzene rings is 1. The van der Waals surface area contributed by atoms with Gasteiger partial charge in [0.25, 0.3) is 0 Å². The fourth-order valence-corrected chi connectivity index (χ4v) is 1.77. The van der Waals surface area contributed by atoms with E-state index in [-0.39, 0.29) is 12.4 Å². The molecule has 0 bridgehead atoms. The Labute approximate surface area is 109 Å². The Morgan fingerprint density at radius 1 is 1.26 bits per heavy atom. The van der Waals surface area contributed by atoms with Crippen molar-refractivity contribution in [1.29, 1.82) is 0 Å².